The second-order valence-corrected chi connectivity index (χ2v) is 5.32. The Labute approximate surface area is 139 Å². The van der Waals surface area contributed by atoms with Crippen LogP contribution in [0, 0.1) is 17.0 Å². The first-order valence-corrected chi connectivity index (χ1v) is 7.36. The fraction of sp³-hybridized carbons (Fsp3) is 0.176. The molecule has 1 unspecified atom stereocenters. The van der Waals surface area contributed by atoms with E-state index in [0.29, 0.717) is 5.56 Å². The van der Waals surface area contributed by atoms with Gasteiger partial charge in [0.25, 0.3) is 11.6 Å². The largest absolute Gasteiger partial charge is 0.374 e. The number of carbonyl (C=O) groups excluding carboxylic acids is 1. The Morgan fingerprint density at radius 1 is 1.25 bits per heavy atom. The maximum atomic E-state index is 12.0. The molecule has 7 heteroatoms. The van der Waals surface area contributed by atoms with Gasteiger partial charge in [-0.15, -0.1) is 0 Å². The normalized spacial score (nSPS) is 11.9. The van der Waals surface area contributed by atoms with Crippen molar-refractivity contribution in [1.29, 1.82) is 0 Å². The van der Waals surface area contributed by atoms with Crippen LogP contribution < -0.4 is 10.7 Å². The number of nitrogens with zero attached hydrogens (tertiary/aromatic N) is 2. The summed E-state index contributed by atoms with van der Waals surface area (Å²) in [5.74, 6) is -0.283. The molecular weight excluding hydrogens is 308 g/mol. The summed E-state index contributed by atoms with van der Waals surface area (Å²) in [5, 5.41) is 17.5. The molecule has 7 nitrogen and oxygen atoms in total. The highest BCUT2D eigenvalue weighted by molar-refractivity contribution is 5.86. The Hall–Kier alpha value is -3.22. The summed E-state index contributed by atoms with van der Waals surface area (Å²) in [4.78, 5) is 22.1. The van der Waals surface area contributed by atoms with Crippen molar-refractivity contribution in [2.75, 3.05) is 5.32 Å². The van der Waals surface area contributed by atoms with Crippen LogP contribution in [0.3, 0.4) is 0 Å². The first-order chi connectivity index (χ1) is 11.5. The number of non-ortho nitro benzene ring substituents is 1. The van der Waals surface area contributed by atoms with Crippen molar-refractivity contribution in [1.82, 2.24) is 5.43 Å². The van der Waals surface area contributed by atoms with Crippen LogP contribution in [0.25, 0.3) is 0 Å². The molecule has 0 saturated carbocycles. The third kappa shape index (κ3) is 4.91. The van der Waals surface area contributed by atoms with Gasteiger partial charge in [0.1, 0.15) is 6.04 Å². The van der Waals surface area contributed by atoms with Gasteiger partial charge in [-0.3, -0.25) is 14.9 Å². The lowest BCUT2D eigenvalue weighted by molar-refractivity contribution is -0.384. The third-order valence-electron chi connectivity index (χ3n) is 3.29. The number of aryl methyl sites for hydroxylation is 1. The topological polar surface area (TPSA) is 96.6 Å². The minimum Gasteiger partial charge on any atom is -0.374 e. The van der Waals surface area contributed by atoms with Crippen LogP contribution in [0.2, 0.25) is 0 Å². The molecule has 0 aromatic heterocycles. The van der Waals surface area contributed by atoms with Crippen molar-refractivity contribution >= 4 is 23.5 Å². The molecule has 0 saturated heterocycles. The van der Waals surface area contributed by atoms with E-state index in [2.05, 4.69) is 15.8 Å². The molecule has 2 aromatic rings. The van der Waals surface area contributed by atoms with Crippen molar-refractivity contribution in [3.05, 3.63) is 69.8 Å². The summed E-state index contributed by atoms with van der Waals surface area (Å²) in [6, 6.07) is 13.1. The van der Waals surface area contributed by atoms with Crippen LogP contribution in [-0.2, 0) is 4.79 Å². The highest BCUT2D eigenvalue weighted by Gasteiger charge is 2.11. The van der Waals surface area contributed by atoms with Gasteiger partial charge in [-0.05, 0) is 49.2 Å². The second-order valence-electron chi connectivity index (χ2n) is 5.32. The number of hydrogen-bond donors (Lipinski definition) is 2. The van der Waals surface area contributed by atoms with Crippen molar-refractivity contribution in [2.45, 2.75) is 19.9 Å². The quantitative estimate of drug-likeness (QED) is 0.484. The van der Waals surface area contributed by atoms with E-state index in [4.69, 9.17) is 0 Å². The van der Waals surface area contributed by atoms with Gasteiger partial charge < -0.3 is 5.32 Å². The van der Waals surface area contributed by atoms with Gasteiger partial charge in [-0.2, -0.15) is 5.10 Å². The summed E-state index contributed by atoms with van der Waals surface area (Å²) in [6.45, 7) is 3.71. The van der Waals surface area contributed by atoms with E-state index in [1.807, 2.05) is 31.2 Å². The summed E-state index contributed by atoms with van der Waals surface area (Å²) >= 11 is 0. The maximum absolute atomic E-state index is 12.0. The number of nitro benzene ring substituents is 1. The fourth-order valence-electron chi connectivity index (χ4n) is 2.00. The molecule has 2 rings (SSSR count). The van der Waals surface area contributed by atoms with E-state index in [1.54, 1.807) is 19.1 Å². The Morgan fingerprint density at radius 2 is 1.96 bits per heavy atom. The van der Waals surface area contributed by atoms with Gasteiger partial charge >= 0.3 is 0 Å². The summed E-state index contributed by atoms with van der Waals surface area (Å²) < 4.78 is 0. The van der Waals surface area contributed by atoms with Crippen molar-refractivity contribution in [3.8, 4) is 0 Å². The SMILES string of the molecule is Cc1cccc(NC(C)C(=O)NN=Cc2ccc([N+](=O)[O-])cc2)c1. The number of rotatable bonds is 6. The molecule has 0 spiro atoms. The van der Waals surface area contributed by atoms with Gasteiger partial charge in [0, 0.05) is 17.8 Å². The lowest BCUT2D eigenvalue weighted by Gasteiger charge is -2.13. The maximum Gasteiger partial charge on any atom is 0.269 e. The van der Waals surface area contributed by atoms with Crippen LogP contribution in [0.4, 0.5) is 11.4 Å². The Balaban J connectivity index is 1.88. The molecule has 1 atom stereocenters. The van der Waals surface area contributed by atoms with Gasteiger partial charge in [0.15, 0.2) is 0 Å². The first kappa shape index (κ1) is 17.1. The molecule has 1 amide bonds. The number of nitro groups is 1. The predicted octanol–water partition coefficient (Wildman–Crippen LogP) is 2.85. The molecule has 0 aliphatic rings. The van der Waals surface area contributed by atoms with Crippen LogP contribution in [0.1, 0.15) is 18.1 Å². The lowest BCUT2D eigenvalue weighted by Crippen LogP contribution is -2.34. The highest BCUT2D eigenvalue weighted by Crippen LogP contribution is 2.11. The number of anilines is 1. The number of amides is 1. The van der Waals surface area contributed by atoms with Gasteiger partial charge in [0.2, 0.25) is 0 Å². The molecule has 2 aromatic carbocycles. The zero-order valence-corrected chi connectivity index (χ0v) is 13.4. The van der Waals surface area contributed by atoms with Crippen LogP contribution >= 0.6 is 0 Å². The van der Waals surface area contributed by atoms with Crippen molar-refractivity contribution in [3.63, 3.8) is 0 Å². The van der Waals surface area contributed by atoms with E-state index in [1.165, 1.54) is 18.3 Å². The van der Waals surface area contributed by atoms with Crippen molar-refractivity contribution in [2.24, 2.45) is 5.10 Å². The molecule has 24 heavy (non-hydrogen) atoms. The van der Waals surface area contributed by atoms with E-state index in [-0.39, 0.29) is 11.6 Å². The van der Waals surface area contributed by atoms with Crippen LogP contribution in [0.5, 0.6) is 0 Å². The molecule has 0 fully saturated rings. The third-order valence-corrected chi connectivity index (χ3v) is 3.29. The van der Waals surface area contributed by atoms with Gasteiger partial charge in [-0.25, -0.2) is 5.43 Å². The van der Waals surface area contributed by atoms with Crippen molar-refractivity contribution < 1.29 is 9.72 Å². The standard InChI is InChI=1S/C17H18N4O3/c1-12-4-3-5-15(10-12)19-13(2)17(22)20-18-11-14-6-8-16(9-7-14)21(23)24/h3-11,13,19H,1-2H3,(H,20,22). The molecule has 2 N–H and O–H groups in total. The molecule has 0 aliphatic heterocycles. The zero-order chi connectivity index (χ0) is 17.5. The van der Waals surface area contributed by atoms with Crippen LogP contribution in [0.15, 0.2) is 53.6 Å². The molecule has 0 bridgehead atoms. The van der Waals surface area contributed by atoms with Gasteiger partial charge in [0.05, 0.1) is 11.1 Å². The molecule has 0 heterocycles. The average Bonchev–Trinajstić information content (AvgIpc) is 2.55. The van der Waals surface area contributed by atoms with E-state index in [9.17, 15) is 14.9 Å². The van der Waals surface area contributed by atoms with Crippen LogP contribution in [-0.4, -0.2) is 23.1 Å². The Bertz CT molecular complexity index is 757. The van der Waals surface area contributed by atoms with Gasteiger partial charge in [-0.1, -0.05) is 12.1 Å². The number of nitrogens with one attached hydrogen (secondary N) is 2. The molecule has 0 aliphatic carbocycles. The summed E-state index contributed by atoms with van der Waals surface area (Å²) in [7, 11) is 0. The van der Waals surface area contributed by atoms with E-state index in [0.717, 1.165) is 11.3 Å². The number of benzene rings is 2. The molecule has 124 valence electrons. The summed E-state index contributed by atoms with van der Waals surface area (Å²) in [6.07, 6.45) is 1.43. The van der Waals surface area contributed by atoms with E-state index >= 15 is 0 Å². The fourth-order valence-corrected chi connectivity index (χ4v) is 2.00. The minimum absolute atomic E-state index is 0.00663. The number of hydrazone groups is 1. The number of hydrogen-bond acceptors (Lipinski definition) is 5. The summed E-state index contributed by atoms with van der Waals surface area (Å²) in [5.41, 5.74) is 5.06. The minimum atomic E-state index is -0.471. The Morgan fingerprint density at radius 3 is 2.58 bits per heavy atom. The number of carbonyl (C=O) groups is 1. The van der Waals surface area contributed by atoms with E-state index < -0.39 is 11.0 Å². The molecule has 0 radical (unpaired) electrons. The monoisotopic (exact) mass is 326 g/mol. The second kappa shape index (κ2) is 7.87. The average molecular weight is 326 g/mol. The lowest BCUT2D eigenvalue weighted by atomic mass is 10.2. The molecular formula is C17H18N4O3. The smallest absolute Gasteiger partial charge is 0.269 e. The highest BCUT2D eigenvalue weighted by atomic mass is 16.6. The Kier molecular flexibility index (Phi) is 5.62. The zero-order valence-electron chi connectivity index (χ0n) is 13.4. The predicted molar refractivity (Wildman–Crippen MR) is 93.1 cm³/mol. The first-order valence-electron chi connectivity index (χ1n) is 7.36.